The fraction of sp³-hybridized carbons (Fsp3) is 0.0417. The van der Waals surface area contributed by atoms with Crippen LogP contribution in [0.4, 0.5) is 30.4 Å². The highest BCUT2D eigenvalue weighted by molar-refractivity contribution is 7.18. The van der Waals surface area contributed by atoms with Crippen LogP contribution in [0.2, 0.25) is 0 Å². The highest BCUT2D eigenvalue weighted by Crippen LogP contribution is 2.38. The summed E-state index contributed by atoms with van der Waals surface area (Å²) in [6.45, 7) is 0. The summed E-state index contributed by atoms with van der Waals surface area (Å²) in [6.07, 6.45) is -4.33. The van der Waals surface area contributed by atoms with E-state index < -0.39 is 19.0 Å². The van der Waals surface area contributed by atoms with Gasteiger partial charge in [-0.3, -0.25) is 0 Å². The average molecular weight is 480 g/mol. The lowest BCUT2D eigenvalue weighted by Crippen LogP contribution is -2.03. The molecule has 9 heteroatoms. The smallest absolute Gasteiger partial charge is 0.418 e. The van der Waals surface area contributed by atoms with E-state index in [-0.39, 0.29) is 0 Å². The molecule has 0 atom stereocenters. The van der Waals surface area contributed by atoms with Crippen molar-refractivity contribution in [3.63, 3.8) is 0 Å². The van der Waals surface area contributed by atoms with Crippen molar-refractivity contribution in [2.24, 2.45) is 0 Å². The monoisotopic (exact) mass is 480 g/mol. The van der Waals surface area contributed by atoms with Gasteiger partial charge in [0, 0.05) is 23.3 Å². The van der Waals surface area contributed by atoms with Crippen molar-refractivity contribution in [1.82, 2.24) is 0 Å². The van der Waals surface area contributed by atoms with E-state index in [4.69, 9.17) is 0 Å². The molecule has 0 unspecified atom stereocenters. The van der Waals surface area contributed by atoms with Crippen LogP contribution in [0.1, 0.15) is 5.56 Å². The zero-order valence-corrected chi connectivity index (χ0v) is 17.7. The summed E-state index contributed by atoms with van der Waals surface area (Å²) >= 11 is 1.66. The van der Waals surface area contributed by atoms with Gasteiger partial charge in [-0.2, -0.15) is 13.2 Å². The van der Waals surface area contributed by atoms with Gasteiger partial charge >= 0.3 is 13.4 Å². The molecule has 0 saturated carbocycles. The Kier molecular flexibility index (Phi) is 7.53. The first-order chi connectivity index (χ1) is 15.5. The molecule has 0 spiro atoms. The average Bonchev–Trinajstić information content (AvgIpc) is 2.78. The molecular weight excluding hydrogens is 464 g/mol. The maximum Gasteiger partial charge on any atom is 0.673 e. The van der Waals surface area contributed by atoms with Gasteiger partial charge in [0.1, 0.15) is 0 Å². The Bertz CT molecular complexity index is 1110. The Labute approximate surface area is 190 Å². The Morgan fingerprint density at radius 2 is 0.909 bits per heavy atom. The molecule has 0 nitrogen and oxygen atoms in total. The van der Waals surface area contributed by atoms with Gasteiger partial charge in [-0.05, 0) is 47.5 Å². The predicted octanol–water partition coefficient (Wildman–Crippen LogP) is 9.35. The van der Waals surface area contributed by atoms with Gasteiger partial charge < -0.3 is 17.3 Å². The highest BCUT2D eigenvalue weighted by Gasteiger charge is 2.30. The van der Waals surface area contributed by atoms with Gasteiger partial charge in [0.2, 0.25) is 21.1 Å². The molecule has 33 heavy (non-hydrogen) atoms. The number of rotatable bonds is 3. The topological polar surface area (TPSA) is 0 Å². The standard InChI is InChI=1S/C24H16F3S.BF4/c25-24(26,27)21-13-11-17(12-14-21)20-15-22(18-7-3-1-4-8-18)28-23(16-20)19-9-5-2-6-10-19;2-1(3,4)5/h1-16H;/q+1;-1. The molecule has 0 fully saturated rings. The molecule has 4 rings (SSSR count). The van der Waals surface area contributed by atoms with Crippen molar-refractivity contribution in [2.75, 3.05) is 0 Å². The van der Waals surface area contributed by atoms with Crippen molar-refractivity contribution in [3.05, 3.63) is 103 Å². The first kappa shape index (κ1) is 24.4. The molecule has 0 aliphatic rings. The molecule has 0 aliphatic heterocycles. The molecule has 1 heterocycles. The molecule has 170 valence electrons. The molecule has 1 aromatic heterocycles. The number of hydrogen-bond donors (Lipinski definition) is 0. The van der Waals surface area contributed by atoms with Crippen LogP contribution < -0.4 is 0 Å². The Morgan fingerprint density at radius 3 is 1.27 bits per heavy atom. The largest absolute Gasteiger partial charge is 0.673 e. The van der Waals surface area contributed by atoms with Crippen LogP contribution in [0.3, 0.4) is 0 Å². The molecule has 0 bridgehead atoms. The van der Waals surface area contributed by atoms with Gasteiger partial charge in [0.05, 0.1) is 5.56 Å². The van der Waals surface area contributed by atoms with Crippen LogP contribution in [-0.4, -0.2) is 7.25 Å². The van der Waals surface area contributed by atoms with E-state index in [1.54, 1.807) is 11.3 Å². The minimum Gasteiger partial charge on any atom is -0.418 e. The fourth-order valence-electron chi connectivity index (χ4n) is 3.01. The Hall–Kier alpha value is -3.20. The second kappa shape index (κ2) is 10.2. The predicted molar refractivity (Wildman–Crippen MR) is 120 cm³/mol. The number of hydrogen-bond acceptors (Lipinski definition) is 0. The molecular formula is C24H16BF7S. The molecule has 4 aromatic rings. The van der Waals surface area contributed by atoms with Crippen LogP contribution in [-0.2, 0) is 6.18 Å². The van der Waals surface area contributed by atoms with Crippen molar-refractivity contribution >= 4 is 18.6 Å². The first-order valence-electron chi connectivity index (χ1n) is 9.65. The lowest BCUT2D eigenvalue weighted by atomic mass is 10.0. The zero-order valence-electron chi connectivity index (χ0n) is 16.9. The second-order valence-corrected chi connectivity index (χ2v) is 7.96. The summed E-state index contributed by atoms with van der Waals surface area (Å²) in [5, 5.41) is 0. The highest BCUT2D eigenvalue weighted by atomic mass is 32.1. The molecule has 0 saturated heterocycles. The van der Waals surface area contributed by atoms with Crippen LogP contribution in [0.15, 0.2) is 97.1 Å². The fourth-order valence-corrected chi connectivity index (χ4v) is 4.13. The maximum absolute atomic E-state index is 12.9. The van der Waals surface area contributed by atoms with Crippen molar-refractivity contribution in [2.45, 2.75) is 6.18 Å². The van der Waals surface area contributed by atoms with E-state index in [0.717, 1.165) is 44.1 Å². The van der Waals surface area contributed by atoms with Crippen molar-refractivity contribution in [1.29, 1.82) is 0 Å². The summed E-state index contributed by atoms with van der Waals surface area (Å²) in [7, 11) is -6.00. The third kappa shape index (κ3) is 7.42. The SMILES string of the molecule is FC(F)(F)c1ccc(-c2cc(-c3ccccc3)[s+]c(-c3ccccc3)c2)cc1.F[B-](F)(F)F. The molecule has 3 aromatic carbocycles. The lowest BCUT2D eigenvalue weighted by Gasteiger charge is -2.08. The van der Waals surface area contributed by atoms with E-state index >= 15 is 0 Å². The second-order valence-electron chi connectivity index (χ2n) is 6.88. The Morgan fingerprint density at radius 1 is 0.515 bits per heavy atom. The summed E-state index contributed by atoms with van der Waals surface area (Å²) < 4.78 is 77.7. The molecule has 0 aliphatic carbocycles. The number of benzene rings is 3. The van der Waals surface area contributed by atoms with Crippen molar-refractivity contribution in [3.8, 4) is 32.0 Å². The molecule has 0 radical (unpaired) electrons. The van der Waals surface area contributed by atoms with Crippen LogP contribution >= 0.6 is 11.3 Å². The number of halogens is 7. The first-order valence-corrected chi connectivity index (χ1v) is 10.5. The third-order valence-electron chi connectivity index (χ3n) is 4.46. The van der Waals surface area contributed by atoms with E-state index in [9.17, 15) is 30.4 Å². The van der Waals surface area contributed by atoms with Crippen LogP contribution in [0, 0.1) is 0 Å². The quantitative estimate of drug-likeness (QED) is 0.156. The molecule has 0 N–H and O–H groups in total. The van der Waals surface area contributed by atoms with Crippen molar-refractivity contribution < 1.29 is 30.4 Å². The van der Waals surface area contributed by atoms with Crippen LogP contribution in [0.25, 0.3) is 32.0 Å². The summed E-state index contributed by atoms with van der Waals surface area (Å²) in [6, 6.07) is 29.4. The maximum atomic E-state index is 12.9. The molecule has 0 amide bonds. The zero-order chi connectivity index (χ0) is 24.1. The van der Waals surface area contributed by atoms with Gasteiger partial charge in [-0.25, -0.2) is 0 Å². The van der Waals surface area contributed by atoms with Gasteiger partial charge in [-0.15, -0.1) is 0 Å². The minimum atomic E-state index is -6.00. The van der Waals surface area contributed by atoms with E-state index in [2.05, 4.69) is 0 Å². The van der Waals surface area contributed by atoms with E-state index in [1.807, 2.05) is 72.8 Å². The van der Waals surface area contributed by atoms with E-state index in [0.29, 0.717) is 0 Å². The van der Waals surface area contributed by atoms with Gasteiger partial charge in [-0.1, -0.05) is 48.5 Å². The Balaban J connectivity index is 0.000000555. The number of alkyl halides is 3. The normalized spacial score (nSPS) is 11.5. The van der Waals surface area contributed by atoms with Crippen LogP contribution in [0.5, 0.6) is 0 Å². The minimum absolute atomic E-state index is 0.637. The van der Waals surface area contributed by atoms with Gasteiger partial charge in [0.15, 0.2) is 0 Å². The third-order valence-corrected chi connectivity index (χ3v) is 5.60. The summed E-state index contributed by atoms with van der Waals surface area (Å²) in [5.41, 5.74) is 3.18. The van der Waals surface area contributed by atoms with Gasteiger partial charge in [0.25, 0.3) is 0 Å². The van der Waals surface area contributed by atoms with E-state index in [1.165, 1.54) is 12.1 Å². The summed E-state index contributed by atoms with van der Waals surface area (Å²) in [4.78, 5) is 2.13. The lowest BCUT2D eigenvalue weighted by molar-refractivity contribution is -0.137. The summed E-state index contributed by atoms with van der Waals surface area (Å²) in [5.74, 6) is 0.